The minimum atomic E-state index is -0.316. The van der Waals surface area contributed by atoms with Gasteiger partial charge in [-0.2, -0.15) is 0 Å². The molecule has 0 fully saturated rings. The van der Waals surface area contributed by atoms with Crippen LogP contribution in [0.15, 0.2) is 48.7 Å². The molecule has 2 aromatic heterocycles. The number of nitrogens with two attached hydrogens (primary N) is 1. The van der Waals surface area contributed by atoms with Crippen LogP contribution < -0.4 is 5.73 Å². The number of halogens is 2. The number of benzene rings is 1. The predicted molar refractivity (Wildman–Crippen MR) is 86.6 cm³/mol. The van der Waals surface area contributed by atoms with Gasteiger partial charge in [0.2, 0.25) is 0 Å². The largest absolute Gasteiger partial charge is 0.322 e. The van der Waals surface area contributed by atoms with Gasteiger partial charge in [0.05, 0.1) is 27.3 Å². The average molecular weight is 318 g/mol. The third kappa shape index (κ3) is 3.16. The Labute approximate surface area is 132 Å². The van der Waals surface area contributed by atoms with Crippen molar-refractivity contribution in [3.05, 3.63) is 70.1 Å². The van der Waals surface area contributed by atoms with Gasteiger partial charge in [-0.25, -0.2) is 0 Å². The molecule has 0 aliphatic carbocycles. The van der Waals surface area contributed by atoms with Crippen molar-refractivity contribution in [1.29, 1.82) is 0 Å². The van der Waals surface area contributed by atoms with Gasteiger partial charge in [0.15, 0.2) is 0 Å². The number of hydrogen-bond donors (Lipinski definition) is 1. The molecular weight excluding hydrogens is 305 g/mol. The zero-order valence-electron chi connectivity index (χ0n) is 11.1. The zero-order chi connectivity index (χ0) is 14.8. The van der Waals surface area contributed by atoms with Gasteiger partial charge in [-0.05, 0) is 18.2 Å². The molecule has 3 nitrogen and oxygen atoms in total. The highest BCUT2D eigenvalue weighted by atomic mass is 35.5. The first kappa shape index (κ1) is 14.3. The molecule has 0 radical (unpaired) electrons. The van der Waals surface area contributed by atoms with Crippen LogP contribution in [0, 0.1) is 0 Å². The van der Waals surface area contributed by atoms with Crippen LogP contribution in [0.4, 0.5) is 0 Å². The lowest BCUT2D eigenvalue weighted by molar-refractivity contribution is 0.685. The topological polar surface area (TPSA) is 51.8 Å². The Morgan fingerprint density at radius 1 is 1.10 bits per heavy atom. The lowest BCUT2D eigenvalue weighted by Crippen LogP contribution is -2.16. The minimum Gasteiger partial charge on any atom is -0.322 e. The van der Waals surface area contributed by atoms with E-state index in [4.69, 9.17) is 28.9 Å². The van der Waals surface area contributed by atoms with Crippen LogP contribution in [0.3, 0.4) is 0 Å². The summed E-state index contributed by atoms with van der Waals surface area (Å²) >= 11 is 12.0. The quantitative estimate of drug-likeness (QED) is 0.788. The molecule has 2 N–H and O–H groups in total. The second kappa shape index (κ2) is 5.98. The summed E-state index contributed by atoms with van der Waals surface area (Å²) in [5.74, 6) is 0. The first-order valence-corrected chi connectivity index (χ1v) is 7.30. The third-order valence-corrected chi connectivity index (χ3v) is 3.78. The number of nitrogens with zero attached hydrogens (tertiary/aromatic N) is 2. The lowest BCUT2D eigenvalue weighted by atomic mass is 10.1. The van der Waals surface area contributed by atoms with Crippen LogP contribution >= 0.6 is 23.2 Å². The molecule has 0 aliphatic rings. The van der Waals surface area contributed by atoms with Crippen LogP contribution in [0.25, 0.3) is 10.9 Å². The first-order valence-electron chi connectivity index (χ1n) is 6.54. The van der Waals surface area contributed by atoms with Crippen LogP contribution in [0.2, 0.25) is 10.0 Å². The van der Waals surface area contributed by atoms with Gasteiger partial charge in [-0.1, -0.05) is 47.5 Å². The molecule has 0 saturated heterocycles. The SMILES string of the molecule is NC(Cc1ccc2ccccc2n1)c1ncc(Cl)cc1Cl. The summed E-state index contributed by atoms with van der Waals surface area (Å²) in [6.45, 7) is 0. The van der Waals surface area contributed by atoms with Crippen LogP contribution in [0.1, 0.15) is 17.4 Å². The standard InChI is InChI=1S/C16H13Cl2N3/c17-11-7-13(18)16(20-9-11)14(19)8-12-6-5-10-3-1-2-4-15(10)21-12/h1-7,9,14H,8,19H2. The van der Waals surface area contributed by atoms with Crippen molar-refractivity contribution in [2.75, 3.05) is 0 Å². The summed E-state index contributed by atoms with van der Waals surface area (Å²) in [4.78, 5) is 8.83. The van der Waals surface area contributed by atoms with Crippen molar-refractivity contribution in [3.63, 3.8) is 0 Å². The molecule has 3 aromatic rings. The van der Waals surface area contributed by atoms with E-state index in [0.29, 0.717) is 22.2 Å². The van der Waals surface area contributed by atoms with Crippen LogP contribution in [-0.4, -0.2) is 9.97 Å². The maximum Gasteiger partial charge on any atom is 0.0761 e. The fraction of sp³-hybridized carbons (Fsp3) is 0.125. The summed E-state index contributed by atoms with van der Waals surface area (Å²) < 4.78 is 0. The fourth-order valence-corrected chi connectivity index (χ4v) is 2.76. The summed E-state index contributed by atoms with van der Waals surface area (Å²) in [6.07, 6.45) is 2.12. The monoisotopic (exact) mass is 317 g/mol. The highest BCUT2D eigenvalue weighted by molar-refractivity contribution is 6.34. The Morgan fingerprint density at radius 2 is 1.90 bits per heavy atom. The van der Waals surface area contributed by atoms with Gasteiger partial charge in [0, 0.05) is 23.7 Å². The van der Waals surface area contributed by atoms with Crippen molar-refractivity contribution in [2.24, 2.45) is 5.73 Å². The van der Waals surface area contributed by atoms with Gasteiger partial charge in [0.25, 0.3) is 0 Å². The molecule has 0 aliphatic heterocycles. The van der Waals surface area contributed by atoms with Crippen molar-refractivity contribution < 1.29 is 0 Å². The van der Waals surface area contributed by atoms with E-state index in [1.165, 1.54) is 0 Å². The number of pyridine rings is 2. The van der Waals surface area contributed by atoms with Crippen molar-refractivity contribution in [2.45, 2.75) is 12.5 Å². The number of aromatic nitrogens is 2. The zero-order valence-corrected chi connectivity index (χ0v) is 12.6. The predicted octanol–water partition coefficient (Wildman–Crippen LogP) is 4.18. The van der Waals surface area contributed by atoms with E-state index < -0.39 is 0 Å². The average Bonchev–Trinajstić information content (AvgIpc) is 2.47. The molecule has 1 unspecified atom stereocenters. The first-order chi connectivity index (χ1) is 10.1. The maximum atomic E-state index is 6.19. The molecule has 0 spiro atoms. The maximum absolute atomic E-state index is 6.19. The molecular formula is C16H13Cl2N3. The van der Waals surface area contributed by atoms with Crippen LogP contribution in [0.5, 0.6) is 0 Å². The smallest absolute Gasteiger partial charge is 0.0761 e. The molecule has 3 rings (SSSR count). The van der Waals surface area contributed by atoms with Gasteiger partial charge < -0.3 is 5.73 Å². The van der Waals surface area contributed by atoms with Gasteiger partial charge in [-0.3, -0.25) is 9.97 Å². The molecule has 5 heteroatoms. The van der Waals surface area contributed by atoms with Crippen molar-refractivity contribution in [3.8, 4) is 0 Å². The second-order valence-corrected chi connectivity index (χ2v) is 5.67. The Hall–Kier alpha value is -1.68. The highest BCUT2D eigenvalue weighted by Gasteiger charge is 2.14. The molecule has 106 valence electrons. The molecule has 1 aromatic carbocycles. The molecule has 0 amide bonds. The summed E-state index contributed by atoms with van der Waals surface area (Å²) in [5.41, 5.74) is 8.69. The summed E-state index contributed by atoms with van der Waals surface area (Å²) in [7, 11) is 0. The molecule has 1 atom stereocenters. The van der Waals surface area contributed by atoms with E-state index in [9.17, 15) is 0 Å². The molecule has 0 saturated carbocycles. The molecule has 2 heterocycles. The Kier molecular flexibility index (Phi) is 4.06. The van der Waals surface area contributed by atoms with Crippen molar-refractivity contribution >= 4 is 34.1 Å². The van der Waals surface area contributed by atoms with E-state index in [2.05, 4.69) is 9.97 Å². The molecule has 0 bridgehead atoms. The number of fused-ring (bicyclic) bond motifs is 1. The summed E-state index contributed by atoms with van der Waals surface area (Å²) in [6, 6.07) is 13.3. The minimum absolute atomic E-state index is 0.316. The van der Waals surface area contributed by atoms with Gasteiger partial charge in [-0.15, -0.1) is 0 Å². The molecule has 21 heavy (non-hydrogen) atoms. The lowest BCUT2D eigenvalue weighted by Gasteiger charge is -2.12. The third-order valence-electron chi connectivity index (χ3n) is 3.27. The Morgan fingerprint density at radius 3 is 2.71 bits per heavy atom. The summed E-state index contributed by atoms with van der Waals surface area (Å²) in [5, 5.41) is 2.09. The Balaban J connectivity index is 1.87. The number of hydrogen-bond acceptors (Lipinski definition) is 3. The van der Waals surface area contributed by atoms with E-state index in [1.54, 1.807) is 12.3 Å². The Bertz CT molecular complexity index is 789. The second-order valence-electron chi connectivity index (χ2n) is 4.83. The van der Waals surface area contributed by atoms with Gasteiger partial charge >= 0.3 is 0 Å². The fourth-order valence-electron chi connectivity index (χ4n) is 2.24. The van der Waals surface area contributed by atoms with Crippen LogP contribution in [-0.2, 0) is 6.42 Å². The van der Waals surface area contributed by atoms with E-state index >= 15 is 0 Å². The van der Waals surface area contributed by atoms with E-state index in [-0.39, 0.29) is 6.04 Å². The highest BCUT2D eigenvalue weighted by Crippen LogP contribution is 2.25. The number of rotatable bonds is 3. The van der Waals surface area contributed by atoms with E-state index in [0.717, 1.165) is 16.6 Å². The van der Waals surface area contributed by atoms with E-state index in [1.807, 2.05) is 36.4 Å². The van der Waals surface area contributed by atoms with Gasteiger partial charge in [0.1, 0.15) is 0 Å². The number of para-hydroxylation sites is 1. The normalized spacial score (nSPS) is 12.5. The van der Waals surface area contributed by atoms with Crippen molar-refractivity contribution in [1.82, 2.24) is 9.97 Å².